The summed E-state index contributed by atoms with van der Waals surface area (Å²) >= 11 is 0. The first-order valence-electron chi connectivity index (χ1n) is 10.6. The van der Waals surface area contributed by atoms with Crippen LogP contribution in [0, 0.1) is 35.0 Å². The summed E-state index contributed by atoms with van der Waals surface area (Å²) in [5, 5.41) is 20.8. The van der Waals surface area contributed by atoms with E-state index >= 15 is 0 Å². The largest absolute Gasteiger partial charge is 0.351 e. The molecule has 3 aromatic rings. The molecule has 3 aromatic carbocycles. The van der Waals surface area contributed by atoms with Crippen molar-refractivity contribution in [2.24, 2.45) is 5.41 Å². The summed E-state index contributed by atoms with van der Waals surface area (Å²) in [7, 11) is 0. The van der Waals surface area contributed by atoms with Crippen molar-refractivity contribution in [3.8, 4) is 12.1 Å². The molecule has 2 aliphatic rings. The predicted octanol–water partition coefficient (Wildman–Crippen LogP) is 5.28. The van der Waals surface area contributed by atoms with Crippen molar-refractivity contribution in [2.45, 2.75) is 24.9 Å². The number of carbonyl (C=O) groups excluding carboxylic acids is 1. The van der Waals surface area contributed by atoms with Crippen molar-refractivity contribution in [3.63, 3.8) is 0 Å². The van der Waals surface area contributed by atoms with Crippen LogP contribution in [0.25, 0.3) is 6.08 Å². The Morgan fingerprint density at radius 1 is 0.906 bits per heavy atom. The molecule has 5 rings (SSSR count). The molecule has 154 valence electrons. The number of hydrogen-bond donors (Lipinski definition) is 0. The fraction of sp³-hybridized carbons (Fsp3) is 0.179. The second-order valence-corrected chi connectivity index (χ2v) is 8.43. The van der Waals surface area contributed by atoms with E-state index in [1.165, 1.54) is 0 Å². The zero-order valence-electron chi connectivity index (χ0n) is 17.6. The fourth-order valence-electron chi connectivity index (χ4n) is 5.16. The van der Waals surface area contributed by atoms with Crippen LogP contribution in [0.1, 0.15) is 33.0 Å². The van der Waals surface area contributed by atoms with Gasteiger partial charge in [-0.2, -0.15) is 10.5 Å². The molecule has 0 aromatic heterocycles. The molecule has 4 nitrogen and oxygen atoms in total. The summed E-state index contributed by atoms with van der Waals surface area (Å²) in [5.74, 6) is -0.686. The van der Waals surface area contributed by atoms with Gasteiger partial charge in [0.15, 0.2) is 11.2 Å². The number of Topliss-reactive ketones (excluding diaryl/α,β-unsaturated/α-hetero) is 1. The molecule has 1 fully saturated rings. The highest BCUT2D eigenvalue weighted by molar-refractivity contribution is 6.04. The van der Waals surface area contributed by atoms with E-state index in [1.54, 1.807) is 0 Å². The first kappa shape index (κ1) is 19.8. The first-order chi connectivity index (χ1) is 15.6. The number of para-hydroxylation sites is 1. The van der Waals surface area contributed by atoms with Crippen molar-refractivity contribution in [3.05, 3.63) is 107 Å². The van der Waals surface area contributed by atoms with Gasteiger partial charge in [-0.25, -0.2) is 0 Å². The number of hydrogen-bond acceptors (Lipinski definition) is 4. The lowest BCUT2D eigenvalue weighted by Gasteiger charge is -2.35. The van der Waals surface area contributed by atoms with Crippen LogP contribution < -0.4 is 4.90 Å². The smallest absolute Gasteiger partial charge is 0.185 e. The molecule has 0 radical (unpaired) electrons. The fourth-order valence-corrected chi connectivity index (χ4v) is 5.16. The Morgan fingerprint density at radius 2 is 1.56 bits per heavy atom. The van der Waals surface area contributed by atoms with Crippen LogP contribution in [-0.2, 0) is 0 Å². The highest BCUT2D eigenvalue weighted by Crippen LogP contribution is 2.55. The van der Waals surface area contributed by atoms with Crippen LogP contribution in [0.15, 0.2) is 84.9 Å². The molecular weight excluding hydrogens is 394 g/mol. The van der Waals surface area contributed by atoms with E-state index < -0.39 is 23.4 Å². The van der Waals surface area contributed by atoms with Crippen molar-refractivity contribution in [1.29, 1.82) is 10.5 Å². The third-order valence-electron chi connectivity index (χ3n) is 6.68. The van der Waals surface area contributed by atoms with Crippen molar-refractivity contribution in [1.82, 2.24) is 0 Å². The summed E-state index contributed by atoms with van der Waals surface area (Å²) < 4.78 is 0. The number of nitriles is 2. The lowest BCUT2D eigenvalue weighted by molar-refractivity contribution is 0.0951. The molecule has 0 aliphatic carbocycles. The van der Waals surface area contributed by atoms with Gasteiger partial charge in [-0.3, -0.25) is 4.79 Å². The Hall–Kier alpha value is -4.15. The Kier molecular flexibility index (Phi) is 4.65. The van der Waals surface area contributed by atoms with Crippen LogP contribution in [0.3, 0.4) is 0 Å². The molecule has 3 atom stereocenters. The van der Waals surface area contributed by atoms with E-state index in [0.717, 1.165) is 22.4 Å². The van der Waals surface area contributed by atoms with E-state index in [0.29, 0.717) is 5.56 Å². The average Bonchev–Trinajstić information content (AvgIpc) is 3.15. The predicted molar refractivity (Wildman–Crippen MR) is 124 cm³/mol. The highest BCUT2D eigenvalue weighted by atomic mass is 16.1. The number of benzene rings is 3. The van der Waals surface area contributed by atoms with Crippen LogP contribution in [-0.4, -0.2) is 17.9 Å². The summed E-state index contributed by atoms with van der Waals surface area (Å²) in [4.78, 5) is 16.0. The number of carbonyl (C=O) groups is 1. The minimum absolute atomic E-state index is 0.0821. The number of ketones is 1. The van der Waals surface area contributed by atoms with E-state index in [4.69, 9.17) is 0 Å². The summed E-state index contributed by atoms with van der Waals surface area (Å²) in [6.45, 7) is 1.98. The molecule has 4 heteroatoms. The third kappa shape index (κ3) is 2.77. The molecule has 2 heterocycles. The van der Waals surface area contributed by atoms with E-state index in [1.807, 2.05) is 103 Å². The monoisotopic (exact) mass is 415 g/mol. The Morgan fingerprint density at radius 3 is 2.25 bits per heavy atom. The quantitative estimate of drug-likeness (QED) is 0.546. The highest BCUT2D eigenvalue weighted by Gasteiger charge is 2.63. The van der Waals surface area contributed by atoms with Gasteiger partial charge in [0, 0.05) is 17.2 Å². The average molecular weight is 415 g/mol. The SMILES string of the molecule is Cc1ccc(C(=O)C2C(c3ccccc3)C(C#N)(C#N)C3C=Cc4ccccc4N23)cc1. The molecule has 0 spiro atoms. The molecule has 0 bridgehead atoms. The molecule has 3 unspecified atom stereocenters. The van der Waals surface area contributed by atoms with Crippen LogP contribution >= 0.6 is 0 Å². The van der Waals surface area contributed by atoms with E-state index in [9.17, 15) is 15.3 Å². The lowest BCUT2D eigenvalue weighted by atomic mass is 9.69. The molecule has 1 saturated heterocycles. The van der Waals surface area contributed by atoms with Gasteiger partial charge in [-0.15, -0.1) is 0 Å². The topological polar surface area (TPSA) is 67.9 Å². The molecule has 0 N–H and O–H groups in total. The first-order valence-corrected chi connectivity index (χ1v) is 10.6. The minimum Gasteiger partial charge on any atom is -0.351 e. The van der Waals surface area contributed by atoms with Gasteiger partial charge in [-0.1, -0.05) is 90.5 Å². The zero-order chi connectivity index (χ0) is 22.3. The lowest BCUT2D eigenvalue weighted by Crippen LogP contribution is -2.44. The van der Waals surface area contributed by atoms with Crippen LogP contribution in [0.4, 0.5) is 5.69 Å². The van der Waals surface area contributed by atoms with Gasteiger partial charge >= 0.3 is 0 Å². The maximum atomic E-state index is 14.0. The standard InChI is InChI=1S/C28H21N3O/c1-19-11-13-22(14-12-19)27(32)26-25(21-8-3-2-4-9-21)28(17-29,18-30)24-16-15-20-7-5-6-10-23(20)31(24)26/h2-16,24-26H,1H3. The second-order valence-electron chi connectivity index (χ2n) is 8.43. The van der Waals surface area contributed by atoms with Crippen LogP contribution in [0.2, 0.25) is 0 Å². The molecule has 2 aliphatic heterocycles. The molecule has 0 saturated carbocycles. The molecule has 32 heavy (non-hydrogen) atoms. The summed E-state index contributed by atoms with van der Waals surface area (Å²) in [6, 6.07) is 28.3. The van der Waals surface area contributed by atoms with Gasteiger partial charge in [0.05, 0.1) is 18.2 Å². The molecular formula is C28H21N3O. The van der Waals surface area contributed by atoms with Gasteiger partial charge in [0.2, 0.25) is 0 Å². The molecule has 0 amide bonds. The summed E-state index contributed by atoms with van der Waals surface area (Å²) in [5.41, 5.74) is 2.92. The third-order valence-corrected chi connectivity index (χ3v) is 6.68. The van der Waals surface area contributed by atoms with Gasteiger partial charge < -0.3 is 4.90 Å². The second kappa shape index (κ2) is 7.52. The van der Waals surface area contributed by atoms with Crippen molar-refractivity contribution >= 4 is 17.5 Å². The van der Waals surface area contributed by atoms with E-state index in [2.05, 4.69) is 12.1 Å². The normalized spacial score (nSPS) is 22.3. The van der Waals surface area contributed by atoms with Crippen molar-refractivity contribution < 1.29 is 4.79 Å². The number of anilines is 1. The Balaban J connectivity index is 1.78. The Labute approximate surface area is 187 Å². The van der Waals surface area contributed by atoms with Gasteiger partial charge in [0.25, 0.3) is 0 Å². The van der Waals surface area contributed by atoms with Crippen LogP contribution in [0.5, 0.6) is 0 Å². The van der Waals surface area contributed by atoms with Crippen molar-refractivity contribution in [2.75, 3.05) is 4.90 Å². The number of fused-ring (bicyclic) bond motifs is 3. The number of aryl methyl sites for hydroxylation is 1. The van der Waals surface area contributed by atoms with Gasteiger partial charge in [-0.05, 0) is 24.1 Å². The minimum atomic E-state index is -1.41. The zero-order valence-corrected chi connectivity index (χ0v) is 17.6. The van der Waals surface area contributed by atoms with E-state index in [-0.39, 0.29) is 5.78 Å². The number of nitrogens with zero attached hydrogens (tertiary/aromatic N) is 3. The Bertz CT molecular complexity index is 1280. The van der Waals surface area contributed by atoms with Gasteiger partial charge in [0.1, 0.15) is 6.04 Å². The summed E-state index contributed by atoms with van der Waals surface area (Å²) in [6.07, 6.45) is 3.87. The maximum absolute atomic E-state index is 14.0. The maximum Gasteiger partial charge on any atom is 0.185 e. The number of rotatable bonds is 3.